The lowest BCUT2D eigenvalue weighted by Crippen LogP contribution is -2.37. The minimum absolute atomic E-state index is 0.0692. The van der Waals surface area contributed by atoms with Crippen LogP contribution >= 0.6 is 11.3 Å². The number of nitrogen functional groups attached to an aromatic ring is 1. The van der Waals surface area contributed by atoms with Gasteiger partial charge in [0.1, 0.15) is 0 Å². The fraction of sp³-hybridized carbons (Fsp3) is 0.500. The van der Waals surface area contributed by atoms with Gasteiger partial charge in [0.15, 0.2) is 11.6 Å². The van der Waals surface area contributed by atoms with Gasteiger partial charge < -0.3 is 25.6 Å². The monoisotopic (exact) mass is 468 g/mol. The number of nitrogens with two attached hydrogens (primary N) is 1. The van der Waals surface area contributed by atoms with Crippen molar-refractivity contribution in [1.29, 1.82) is 0 Å². The Labute approximate surface area is 196 Å². The molecule has 2 aliphatic rings. The van der Waals surface area contributed by atoms with Gasteiger partial charge in [0.2, 0.25) is 5.95 Å². The van der Waals surface area contributed by atoms with E-state index in [4.69, 9.17) is 20.4 Å². The number of likely N-dealkylation sites (tertiary alicyclic amines) is 1. The molecule has 1 amide bonds. The van der Waals surface area contributed by atoms with Crippen molar-refractivity contribution in [3.05, 3.63) is 23.3 Å². The van der Waals surface area contributed by atoms with Crippen molar-refractivity contribution in [3.8, 4) is 11.4 Å². The number of aromatic nitrogens is 4. The van der Waals surface area contributed by atoms with Gasteiger partial charge in [-0.15, -0.1) is 11.3 Å². The lowest BCUT2D eigenvalue weighted by Gasteiger charge is -2.28. The Balaban J connectivity index is 1.41. The van der Waals surface area contributed by atoms with Crippen LogP contribution in [0, 0.1) is 0 Å². The van der Waals surface area contributed by atoms with E-state index in [9.17, 15) is 4.79 Å². The topological polar surface area (TPSA) is 122 Å². The van der Waals surface area contributed by atoms with Gasteiger partial charge in [-0.1, -0.05) is 6.42 Å². The van der Waals surface area contributed by atoms with Crippen LogP contribution in [0.4, 0.5) is 11.8 Å². The summed E-state index contributed by atoms with van der Waals surface area (Å²) in [5, 5.41) is 3.07. The number of hydrogen-bond donors (Lipinski definition) is 2. The molecule has 0 spiro atoms. The standard InChI is InChI=1S/C22H28N8O2S/c23-22-25-13-15(14-26-22)19-27-16-12-17(21(31)24-4-7-29-5-2-1-3-6-29)33-18(16)20(28-19)30-8-10-32-11-9-30/h12-14H,1-11H2,(H,24,31)(H2,23,25,26). The summed E-state index contributed by atoms with van der Waals surface area (Å²) in [7, 11) is 0. The van der Waals surface area contributed by atoms with E-state index in [1.807, 2.05) is 6.07 Å². The van der Waals surface area contributed by atoms with Crippen LogP contribution in [-0.4, -0.2) is 83.2 Å². The Morgan fingerprint density at radius 3 is 2.61 bits per heavy atom. The number of nitrogens with one attached hydrogen (secondary N) is 1. The summed E-state index contributed by atoms with van der Waals surface area (Å²) < 4.78 is 6.42. The predicted octanol–water partition coefficient (Wildman–Crippen LogP) is 1.78. The van der Waals surface area contributed by atoms with Gasteiger partial charge in [-0.2, -0.15) is 0 Å². The number of hydrogen-bond acceptors (Lipinski definition) is 10. The van der Waals surface area contributed by atoms with Crippen LogP contribution in [0.15, 0.2) is 18.5 Å². The van der Waals surface area contributed by atoms with Crippen LogP contribution < -0.4 is 16.0 Å². The summed E-state index contributed by atoms with van der Waals surface area (Å²) in [5.41, 5.74) is 7.06. The summed E-state index contributed by atoms with van der Waals surface area (Å²) in [6.07, 6.45) is 7.03. The minimum atomic E-state index is -0.0692. The number of piperidine rings is 1. The number of carbonyl (C=O) groups excluding carboxylic acids is 1. The van der Waals surface area contributed by atoms with E-state index in [1.165, 1.54) is 30.6 Å². The van der Waals surface area contributed by atoms with Crippen LogP contribution in [0.1, 0.15) is 28.9 Å². The molecule has 2 saturated heterocycles. The van der Waals surface area contributed by atoms with Crippen LogP contribution in [0.25, 0.3) is 21.6 Å². The Hall–Kier alpha value is -2.89. The largest absolute Gasteiger partial charge is 0.378 e. The van der Waals surface area contributed by atoms with Crippen molar-refractivity contribution >= 4 is 39.2 Å². The third-order valence-electron chi connectivity index (χ3n) is 5.98. The average molecular weight is 469 g/mol. The number of ether oxygens (including phenoxy) is 1. The van der Waals surface area contributed by atoms with Crippen molar-refractivity contribution in [1.82, 2.24) is 30.2 Å². The normalized spacial score (nSPS) is 17.4. The fourth-order valence-electron chi connectivity index (χ4n) is 4.20. The van der Waals surface area contributed by atoms with Crippen molar-refractivity contribution in [2.75, 3.05) is 63.1 Å². The average Bonchev–Trinajstić information content (AvgIpc) is 3.29. The number of rotatable bonds is 6. The Morgan fingerprint density at radius 1 is 1.09 bits per heavy atom. The summed E-state index contributed by atoms with van der Waals surface area (Å²) in [6, 6.07) is 1.85. The molecule has 10 nitrogen and oxygen atoms in total. The minimum Gasteiger partial charge on any atom is -0.378 e. The van der Waals surface area contributed by atoms with E-state index >= 15 is 0 Å². The maximum absolute atomic E-state index is 12.9. The summed E-state index contributed by atoms with van der Waals surface area (Å²) >= 11 is 1.43. The molecule has 3 aromatic heterocycles. The van der Waals surface area contributed by atoms with Crippen molar-refractivity contribution in [2.45, 2.75) is 19.3 Å². The molecule has 2 aliphatic heterocycles. The first-order valence-electron chi connectivity index (χ1n) is 11.4. The van der Waals surface area contributed by atoms with E-state index in [1.54, 1.807) is 12.4 Å². The molecule has 174 valence electrons. The van der Waals surface area contributed by atoms with Gasteiger partial charge in [0.25, 0.3) is 5.91 Å². The van der Waals surface area contributed by atoms with Crippen LogP contribution in [-0.2, 0) is 4.74 Å². The van der Waals surface area contributed by atoms with Gasteiger partial charge in [0, 0.05) is 38.6 Å². The highest BCUT2D eigenvalue weighted by Crippen LogP contribution is 2.34. The predicted molar refractivity (Wildman–Crippen MR) is 129 cm³/mol. The maximum Gasteiger partial charge on any atom is 0.261 e. The SMILES string of the molecule is Nc1ncc(-c2nc(N3CCOCC3)c3sc(C(=O)NCCN4CCCCC4)cc3n2)cn1. The molecule has 0 radical (unpaired) electrons. The second-order valence-electron chi connectivity index (χ2n) is 8.28. The Morgan fingerprint density at radius 2 is 1.85 bits per heavy atom. The van der Waals surface area contributed by atoms with Gasteiger partial charge in [-0.05, 0) is 32.0 Å². The van der Waals surface area contributed by atoms with Crippen molar-refractivity contribution in [3.63, 3.8) is 0 Å². The summed E-state index contributed by atoms with van der Waals surface area (Å²) in [4.78, 5) is 35.8. The lowest BCUT2D eigenvalue weighted by atomic mass is 10.1. The zero-order valence-corrected chi connectivity index (χ0v) is 19.3. The molecule has 2 fully saturated rings. The Kier molecular flexibility index (Phi) is 6.60. The highest BCUT2D eigenvalue weighted by Gasteiger charge is 2.22. The molecule has 0 aliphatic carbocycles. The molecular formula is C22H28N8O2S. The molecule has 5 rings (SSSR count). The van der Waals surface area contributed by atoms with Crippen molar-refractivity contribution < 1.29 is 9.53 Å². The molecule has 0 unspecified atom stereocenters. The smallest absolute Gasteiger partial charge is 0.261 e. The molecule has 3 aromatic rings. The molecule has 0 aromatic carbocycles. The van der Waals surface area contributed by atoms with E-state index in [-0.39, 0.29) is 11.9 Å². The van der Waals surface area contributed by atoms with Crippen molar-refractivity contribution in [2.24, 2.45) is 0 Å². The number of amides is 1. The van der Waals surface area contributed by atoms with Crippen LogP contribution in [0.5, 0.6) is 0 Å². The number of nitrogens with zero attached hydrogens (tertiary/aromatic N) is 6. The molecule has 0 saturated carbocycles. The second-order valence-corrected chi connectivity index (χ2v) is 9.34. The van der Waals surface area contributed by atoms with Crippen LogP contribution in [0.2, 0.25) is 0 Å². The molecule has 5 heterocycles. The lowest BCUT2D eigenvalue weighted by molar-refractivity contribution is 0.0950. The van der Waals surface area contributed by atoms with E-state index < -0.39 is 0 Å². The van der Waals surface area contributed by atoms with Gasteiger partial charge in [-0.25, -0.2) is 19.9 Å². The number of thiophene rings is 1. The fourth-order valence-corrected chi connectivity index (χ4v) is 5.23. The van der Waals surface area contributed by atoms with E-state index in [2.05, 4.69) is 25.1 Å². The van der Waals surface area contributed by atoms with Gasteiger partial charge in [-0.3, -0.25) is 4.79 Å². The highest BCUT2D eigenvalue weighted by atomic mass is 32.1. The van der Waals surface area contributed by atoms with Gasteiger partial charge in [0.05, 0.1) is 33.9 Å². The summed E-state index contributed by atoms with van der Waals surface area (Å²) in [5.74, 6) is 1.46. The first-order valence-corrected chi connectivity index (χ1v) is 12.2. The molecule has 33 heavy (non-hydrogen) atoms. The highest BCUT2D eigenvalue weighted by molar-refractivity contribution is 7.21. The molecule has 11 heteroatoms. The molecule has 0 atom stereocenters. The maximum atomic E-state index is 12.9. The van der Waals surface area contributed by atoms with E-state index in [0.717, 1.165) is 48.8 Å². The zero-order chi connectivity index (χ0) is 22.6. The third-order valence-corrected chi connectivity index (χ3v) is 7.10. The number of anilines is 2. The summed E-state index contributed by atoms with van der Waals surface area (Å²) in [6.45, 7) is 6.52. The number of morpholine rings is 1. The third kappa shape index (κ3) is 5.05. The first-order chi connectivity index (χ1) is 16.2. The molecule has 3 N–H and O–H groups in total. The molecular weight excluding hydrogens is 440 g/mol. The quantitative estimate of drug-likeness (QED) is 0.557. The van der Waals surface area contributed by atoms with Crippen LogP contribution in [0.3, 0.4) is 0 Å². The van der Waals surface area contributed by atoms with E-state index in [0.29, 0.717) is 36.0 Å². The van der Waals surface area contributed by atoms with Gasteiger partial charge >= 0.3 is 0 Å². The zero-order valence-electron chi connectivity index (χ0n) is 18.5. The Bertz CT molecular complexity index is 1110. The second kappa shape index (κ2) is 9.94. The number of carbonyl (C=O) groups is 1. The number of fused-ring (bicyclic) bond motifs is 1. The molecule has 0 bridgehead atoms. The first kappa shape index (κ1) is 21.9.